The average Bonchev–Trinajstić information content (AvgIpc) is 3.25. The third-order valence-corrected chi connectivity index (χ3v) is 4.16. The van der Waals surface area contributed by atoms with Gasteiger partial charge in [-0.15, -0.1) is 10.2 Å². The maximum atomic E-state index is 11.6. The number of benzene rings is 1. The number of nitrogens with zero attached hydrogens (tertiary/aromatic N) is 2. The Hall–Kier alpha value is -2.74. The highest BCUT2D eigenvalue weighted by atomic mass is 32.2. The number of nitrogens with one attached hydrogen (secondary N) is 2. The van der Waals surface area contributed by atoms with E-state index in [-0.39, 0.29) is 5.76 Å². The zero-order chi connectivity index (χ0) is 17.6. The van der Waals surface area contributed by atoms with Crippen molar-refractivity contribution in [2.24, 2.45) is 0 Å². The molecule has 8 heteroatoms. The van der Waals surface area contributed by atoms with Gasteiger partial charge in [0.05, 0.1) is 12.4 Å². The summed E-state index contributed by atoms with van der Waals surface area (Å²) in [7, 11) is 0. The molecule has 7 nitrogen and oxygen atoms in total. The molecule has 2 aromatic heterocycles. The predicted octanol–water partition coefficient (Wildman–Crippen LogP) is 3.92. The van der Waals surface area contributed by atoms with Crippen LogP contribution in [0.1, 0.15) is 28.8 Å². The number of esters is 1. The molecule has 130 valence electrons. The van der Waals surface area contributed by atoms with Crippen LogP contribution in [0.3, 0.4) is 0 Å². The van der Waals surface area contributed by atoms with Crippen molar-refractivity contribution in [2.45, 2.75) is 24.8 Å². The van der Waals surface area contributed by atoms with E-state index >= 15 is 0 Å². The Bertz CT molecular complexity index is 842. The average molecular weight is 358 g/mol. The molecular weight excluding hydrogens is 340 g/mol. The number of ether oxygens (including phenoxy) is 1. The zero-order valence-corrected chi connectivity index (χ0v) is 14.7. The summed E-state index contributed by atoms with van der Waals surface area (Å²) in [6, 6.07) is 11.4. The number of carbonyl (C=O) groups excluding carboxylic acids is 1. The Morgan fingerprint density at radius 2 is 2.04 bits per heavy atom. The minimum atomic E-state index is -0.456. The van der Waals surface area contributed by atoms with E-state index in [1.54, 1.807) is 19.1 Å². The molecule has 2 heterocycles. The van der Waals surface area contributed by atoms with Gasteiger partial charge in [0.2, 0.25) is 11.7 Å². The Balaban J connectivity index is 1.55. The fraction of sp³-hybridized carbons (Fsp3) is 0.235. The number of hydrogen-bond donors (Lipinski definition) is 2. The van der Waals surface area contributed by atoms with Crippen LogP contribution in [0.15, 0.2) is 46.0 Å². The third-order valence-electron chi connectivity index (χ3n) is 3.27. The van der Waals surface area contributed by atoms with Crippen molar-refractivity contribution < 1.29 is 13.9 Å². The minimum Gasteiger partial charge on any atom is -0.460 e. The summed E-state index contributed by atoms with van der Waals surface area (Å²) in [5, 5.41) is 12.0. The molecule has 0 amide bonds. The Kier molecular flexibility index (Phi) is 5.39. The van der Waals surface area contributed by atoms with Gasteiger partial charge < -0.3 is 19.5 Å². The van der Waals surface area contributed by atoms with Crippen LogP contribution >= 0.6 is 11.8 Å². The molecule has 0 radical (unpaired) electrons. The van der Waals surface area contributed by atoms with Crippen molar-refractivity contribution in [1.82, 2.24) is 15.2 Å². The highest BCUT2D eigenvalue weighted by Crippen LogP contribution is 2.22. The number of anilines is 2. The molecule has 0 fully saturated rings. The van der Waals surface area contributed by atoms with Crippen molar-refractivity contribution in [3.63, 3.8) is 0 Å². The third kappa shape index (κ3) is 4.63. The van der Waals surface area contributed by atoms with Crippen molar-refractivity contribution >= 4 is 29.4 Å². The molecule has 1 aromatic carbocycles. The second-order valence-electron chi connectivity index (χ2n) is 5.24. The van der Waals surface area contributed by atoms with Crippen molar-refractivity contribution in [1.29, 1.82) is 0 Å². The fourth-order valence-corrected chi connectivity index (χ4v) is 2.75. The summed E-state index contributed by atoms with van der Waals surface area (Å²) in [6.45, 7) is 4.11. The lowest BCUT2D eigenvalue weighted by molar-refractivity contribution is 0.0488. The fourth-order valence-electron chi connectivity index (χ4n) is 2.05. The first kappa shape index (κ1) is 17.1. The van der Waals surface area contributed by atoms with Crippen LogP contribution in [0.4, 0.5) is 11.6 Å². The molecule has 0 aliphatic carbocycles. The molecule has 0 saturated heterocycles. The van der Waals surface area contributed by atoms with Gasteiger partial charge in [-0.25, -0.2) is 4.79 Å². The summed E-state index contributed by atoms with van der Waals surface area (Å²) in [5.74, 6) is 1.51. The molecule has 0 unspecified atom stereocenters. The number of carbonyl (C=O) groups is 1. The molecule has 0 aliphatic heterocycles. The number of rotatable bonds is 7. The van der Waals surface area contributed by atoms with Gasteiger partial charge in [0.25, 0.3) is 0 Å². The SMILES string of the molecule is CCOC(=O)c1ccc(CSc2nnc(Nc3ccc(C)cc3)[nH]2)o1. The number of hydrogen-bond acceptors (Lipinski definition) is 7. The minimum absolute atomic E-state index is 0.205. The van der Waals surface area contributed by atoms with Crippen LogP contribution in [-0.4, -0.2) is 27.8 Å². The van der Waals surface area contributed by atoms with Crippen LogP contribution in [0, 0.1) is 6.92 Å². The van der Waals surface area contributed by atoms with E-state index in [4.69, 9.17) is 9.15 Å². The first-order valence-corrected chi connectivity index (χ1v) is 8.77. The number of furan rings is 1. The molecule has 0 aliphatic rings. The maximum Gasteiger partial charge on any atom is 0.374 e. The van der Waals surface area contributed by atoms with Crippen LogP contribution in [-0.2, 0) is 10.5 Å². The van der Waals surface area contributed by atoms with Crippen LogP contribution in [0.2, 0.25) is 0 Å². The van der Waals surface area contributed by atoms with Gasteiger partial charge in [-0.1, -0.05) is 29.5 Å². The molecule has 2 N–H and O–H groups in total. The maximum absolute atomic E-state index is 11.6. The first-order valence-electron chi connectivity index (χ1n) is 7.79. The van der Waals surface area contributed by atoms with Gasteiger partial charge in [-0.2, -0.15) is 0 Å². The molecule has 25 heavy (non-hydrogen) atoms. The number of H-pyrrole nitrogens is 1. The Morgan fingerprint density at radius 1 is 1.24 bits per heavy atom. The number of thioether (sulfide) groups is 1. The molecule has 3 rings (SSSR count). The van der Waals surface area contributed by atoms with E-state index in [1.807, 2.05) is 31.2 Å². The van der Waals surface area contributed by atoms with Crippen LogP contribution < -0.4 is 5.32 Å². The van der Waals surface area contributed by atoms with E-state index in [2.05, 4.69) is 20.5 Å². The van der Waals surface area contributed by atoms with Gasteiger partial charge >= 0.3 is 5.97 Å². The normalized spacial score (nSPS) is 10.6. The molecular formula is C17H18N4O3S. The number of aryl methyl sites for hydroxylation is 1. The number of aromatic amines is 1. The summed E-state index contributed by atoms with van der Waals surface area (Å²) >= 11 is 1.43. The second-order valence-corrected chi connectivity index (χ2v) is 6.21. The quantitative estimate of drug-likeness (QED) is 0.488. The zero-order valence-electron chi connectivity index (χ0n) is 13.9. The molecule has 3 aromatic rings. The largest absolute Gasteiger partial charge is 0.460 e. The van der Waals surface area contributed by atoms with E-state index in [1.165, 1.54) is 17.3 Å². The molecule has 0 spiro atoms. The highest BCUT2D eigenvalue weighted by Gasteiger charge is 2.13. The van der Waals surface area contributed by atoms with E-state index in [0.29, 0.717) is 29.2 Å². The summed E-state index contributed by atoms with van der Waals surface area (Å²) in [4.78, 5) is 14.7. The van der Waals surface area contributed by atoms with Gasteiger partial charge in [0, 0.05) is 5.69 Å². The van der Waals surface area contributed by atoms with Gasteiger partial charge in [0.1, 0.15) is 5.76 Å². The number of aromatic nitrogens is 3. The van der Waals surface area contributed by atoms with Crippen LogP contribution in [0.5, 0.6) is 0 Å². The lowest BCUT2D eigenvalue weighted by Crippen LogP contribution is -2.02. The van der Waals surface area contributed by atoms with E-state index in [0.717, 1.165) is 5.69 Å². The Morgan fingerprint density at radius 3 is 2.80 bits per heavy atom. The standard InChI is InChI=1S/C17H18N4O3S/c1-3-23-15(22)14-9-8-13(24-14)10-25-17-19-16(20-21-17)18-12-6-4-11(2)5-7-12/h4-9H,3,10H2,1-2H3,(H2,18,19,20,21). The van der Waals surface area contributed by atoms with Gasteiger partial charge in [-0.3, -0.25) is 0 Å². The molecule has 0 saturated carbocycles. The van der Waals surface area contributed by atoms with E-state index < -0.39 is 5.97 Å². The second kappa shape index (κ2) is 7.89. The smallest absolute Gasteiger partial charge is 0.374 e. The van der Waals surface area contributed by atoms with Gasteiger partial charge in [-0.05, 0) is 38.1 Å². The van der Waals surface area contributed by atoms with Crippen LogP contribution in [0.25, 0.3) is 0 Å². The van der Waals surface area contributed by atoms with Crippen molar-refractivity contribution in [2.75, 3.05) is 11.9 Å². The molecule has 0 atom stereocenters. The van der Waals surface area contributed by atoms with E-state index in [9.17, 15) is 4.79 Å². The summed E-state index contributed by atoms with van der Waals surface area (Å²) in [5.41, 5.74) is 2.13. The Labute approximate surface area is 149 Å². The monoisotopic (exact) mass is 358 g/mol. The summed E-state index contributed by atoms with van der Waals surface area (Å²) < 4.78 is 10.4. The lowest BCUT2D eigenvalue weighted by atomic mass is 10.2. The molecule has 0 bridgehead atoms. The van der Waals surface area contributed by atoms with Crippen molar-refractivity contribution in [3.05, 3.63) is 53.5 Å². The first-order chi connectivity index (χ1) is 12.1. The lowest BCUT2D eigenvalue weighted by Gasteiger charge is -2.01. The summed E-state index contributed by atoms with van der Waals surface area (Å²) in [6.07, 6.45) is 0. The van der Waals surface area contributed by atoms with Gasteiger partial charge in [0.15, 0.2) is 5.16 Å². The van der Waals surface area contributed by atoms with Crippen molar-refractivity contribution in [3.8, 4) is 0 Å². The highest BCUT2D eigenvalue weighted by molar-refractivity contribution is 7.98. The topological polar surface area (TPSA) is 93.0 Å². The predicted molar refractivity (Wildman–Crippen MR) is 95.1 cm³/mol.